The van der Waals surface area contributed by atoms with Gasteiger partial charge < -0.3 is 15.4 Å². The molecule has 3 nitrogen and oxygen atoms in total. The number of phenolic OH excluding ortho intramolecular Hbond substituents is 1. The second-order valence-corrected chi connectivity index (χ2v) is 3.08. The molecule has 3 heteroatoms. The lowest BCUT2D eigenvalue weighted by Gasteiger charge is -2.05. The van der Waals surface area contributed by atoms with Crippen LogP contribution in [0.25, 0.3) is 0 Å². The van der Waals surface area contributed by atoms with E-state index in [1.165, 1.54) is 0 Å². The van der Waals surface area contributed by atoms with Crippen LogP contribution in [0.15, 0.2) is 42.7 Å². The van der Waals surface area contributed by atoms with Gasteiger partial charge in [0.2, 0.25) is 0 Å². The monoisotopic (exact) mass is 188 g/mol. The maximum absolute atomic E-state index is 9.49. The number of aromatic nitrogens is 1. The third-order valence-electron chi connectivity index (χ3n) is 2.07. The fourth-order valence-corrected chi connectivity index (χ4v) is 1.29. The van der Waals surface area contributed by atoms with Crippen LogP contribution in [0.3, 0.4) is 0 Å². The number of hydrogen-bond acceptors (Lipinski definition) is 2. The second-order valence-electron chi connectivity index (χ2n) is 3.08. The van der Waals surface area contributed by atoms with E-state index in [0.717, 1.165) is 11.3 Å². The second kappa shape index (κ2) is 3.87. The lowest BCUT2D eigenvalue weighted by molar-refractivity contribution is 0.469. The Bertz CT molecular complexity index is 395. The molecule has 0 spiro atoms. The minimum atomic E-state index is 0.329. The van der Waals surface area contributed by atoms with Gasteiger partial charge in [0.1, 0.15) is 5.75 Å². The molecular formula is C11H12N2O. The summed E-state index contributed by atoms with van der Waals surface area (Å²) in [6.07, 6.45) is 3.73. The summed E-state index contributed by atoms with van der Waals surface area (Å²) in [5, 5.41) is 12.7. The van der Waals surface area contributed by atoms with Crippen LogP contribution in [0.4, 0.5) is 5.69 Å². The molecule has 1 aromatic carbocycles. The van der Waals surface area contributed by atoms with E-state index in [4.69, 9.17) is 0 Å². The molecule has 0 unspecified atom stereocenters. The average Bonchev–Trinajstić information content (AvgIpc) is 2.69. The minimum absolute atomic E-state index is 0.329. The summed E-state index contributed by atoms with van der Waals surface area (Å²) in [4.78, 5) is 2.96. The first-order valence-corrected chi connectivity index (χ1v) is 4.50. The van der Waals surface area contributed by atoms with Crippen molar-refractivity contribution in [3.05, 3.63) is 48.3 Å². The van der Waals surface area contributed by atoms with E-state index in [2.05, 4.69) is 10.3 Å². The van der Waals surface area contributed by atoms with Crippen molar-refractivity contribution in [2.24, 2.45) is 0 Å². The maximum Gasteiger partial charge on any atom is 0.120 e. The molecule has 0 aliphatic heterocycles. The maximum atomic E-state index is 9.49. The normalized spacial score (nSPS) is 10.0. The van der Waals surface area contributed by atoms with Gasteiger partial charge in [-0.2, -0.15) is 0 Å². The first-order valence-electron chi connectivity index (χ1n) is 4.50. The van der Waals surface area contributed by atoms with E-state index < -0.39 is 0 Å². The highest BCUT2D eigenvalue weighted by atomic mass is 16.3. The van der Waals surface area contributed by atoms with Gasteiger partial charge in [0, 0.05) is 24.5 Å². The van der Waals surface area contributed by atoms with E-state index in [-0.39, 0.29) is 0 Å². The fraction of sp³-hybridized carbons (Fsp3) is 0.0909. The van der Waals surface area contributed by atoms with Gasteiger partial charge in [-0.1, -0.05) is 18.2 Å². The van der Waals surface area contributed by atoms with Crippen molar-refractivity contribution in [2.75, 3.05) is 5.32 Å². The molecule has 0 aliphatic rings. The quantitative estimate of drug-likeness (QED) is 0.692. The van der Waals surface area contributed by atoms with Crippen LogP contribution in [0.2, 0.25) is 0 Å². The van der Waals surface area contributed by atoms with Crippen LogP contribution in [0.1, 0.15) is 5.56 Å². The molecular weight excluding hydrogens is 176 g/mol. The van der Waals surface area contributed by atoms with E-state index >= 15 is 0 Å². The molecule has 0 fully saturated rings. The molecule has 0 saturated heterocycles. The van der Waals surface area contributed by atoms with Gasteiger partial charge in [0.25, 0.3) is 0 Å². The molecule has 72 valence electrons. The van der Waals surface area contributed by atoms with Crippen molar-refractivity contribution in [1.82, 2.24) is 4.98 Å². The van der Waals surface area contributed by atoms with Crippen molar-refractivity contribution in [3.63, 3.8) is 0 Å². The Morgan fingerprint density at radius 3 is 2.79 bits per heavy atom. The lowest BCUT2D eigenvalue weighted by atomic mass is 10.2. The Labute approximate surface area is 82.4 Å². The summed E-state index contributed by atoms with van der Waals surface area (Å²) in [5.41, 5.74) is 1.92. The Morgan fingerprint density at radius 2 is 2.07 bits per heavy atom. The van der Waals surface area contributed by atoms with Crippen LogP contribution in [0, 0.1) is 0 Å². The van der Waals surface area contributed by atoms with Crippen molar-refractivity contribution < 1.29 is 5.11 Å². The zero-order chi connectivity index (χ0) is 9.80. The zero-order valence-electron chi connectivity index (χ0n) is 7.70. The Kier molecular flexibility index (Phi) is 2.40. The first-order chi connectivity index (χ1) is 6.86. The van der Waals surface area contributed by atoms with E-state index in [1.807, 2.05) is 36.7 Å². The molecule has 1 aromatic heterocycles. The summed E-state index contributed by atoms with van der Waals surface area (Å²) in [7, 11) is 0. The van der Waals surface area contributed by atoms with Gasteiger partial charge in [-0.3, -0.25) is 0 Å². The molecule has 0 saturated carbocycles. The Morgan fingerprint density at radius 1 is 1.21 bits per heavy atom. The molecule has 2 rings (SSSR count). The van der Waals surface area contributed by atoms with Crippen LogP contribution in [-0.4, -0.2) is 10.1 Å². The van der Waals surface area contributed by atoms with Gasteiger partial charge in [-0.05, 0) is 12.1 Å². The van der Waals surface area contributed by atoms with Gasteiger partial charge in [-0.15, -0.1) is 0 Å². The van der Waals surface area contributed by atoms with Gasteiger partial charge in [0.05, 0.1) is 5.69 Å². The Balaban J connectivity index is 2.02. The SMILES string of the molecule is Oc1ccccc1CNc1cc[nH]c1. The summed E-state index contributed by atoms with van der Waals surface area (Å²) in [6, 6.07) is 9.26. The number of H-pyrrole nitrogens is 1. The molecule has 0 aliphatic carbocycles. The number of phenols is 1. The number of aromatic amines is 1. The molecule has 3 N–H and O–H groups in total. The number of rotatable bonds is 3. The third-order valence-corrected chi connectivity index (χ3v) is 2.07. The fourth-order valence-electron chi connectivity index (χ4n) is 1.29. The lowest BCUT2D eigenvalue weighted by Crippen LogP contribution is -1.98. The predicted octanol–water partition coefficient (Wildman–Crippen LogP) is 2.33. The summed E-state index contributed by atoms with van der Waals surface area (Å²) >= 11 is 0. The smallest absolute Gasteiger partial charge is 0.120 e. The highest BCUT2D eigenvalue weighted by molar-refractivity contribution is 5.43. The minimum Gasteiger partial charge on any atom is -0.508 e. The summed E-state index contributed by atoms with van der Waals surface area (Å²) < 4.78 is 0. The van der Waals surface area contributed by atoms with Gasteiger partial charge >= 0.3 is 0 Å². The van der Waals surface area contributed by atoms with Crippen molar-refractivity contribution in [2.45, 2.75) is 6.54 Å². The van der Waals surface area contributed by atoms with E-state index in [0.29, 0.717) is 12.3 Å². The standard InChI is InChI=1S/C11H12N2O/c14-11-4-2-1-3-9(11)7-13-10-5-6-12-8-10/h1-6,8,12-14H,7H2. The van der Waals surface area contributed by atoms with Crippen LogP contribution in [0.5, 0.6) is 5.75 Å². The van der Waals surface area contributed by atoms with Crippen molar-refractivity contribution >= 4 is 5.69 Å². The highest BCUT2D eigenvalue weighted by Crippen LogP contribution is 2.17. The van der Waals surface area contributed by atoms with Crippen molar-refractivity contribution in [1.29, 1.82) is 0 Å². The first kappa shape index (κ1) is 8.69. The predicted molar refractivity (Wildman–Crippen MR) is 56.2 cm³/mol. The number of nitrogens with one attached hydrogen (secondary N) is 2. The molecule has 0 bridgehead atoms. The molecule has 0 atom stereocenters. The number of anilines is 1. The Hall–Kier alpha value is -1.90. The molecule has 14 heavy (non-hydrogen) atoms. The summed E-state index contributed by atoms with van der Waals surface area (Å²) in [5.74, 6) is 0.329. The number of aromatic hydroxyl groups is 1. The number of benzene rings is 1. The van der Waals surface area contributed by atoms with Crippen molar-refractivity contribution in [3.8, 4) is 5.75 Å². The molecule has 0 amide bonds. The summed E-state index contributed by atoms with van der Waals surface area (Å²) in [6.45, 7) is 0.629. The molecule has 0 radical (unpaired) electrons. The molecule has 1 heterocycles. The third kappa shape index (κ3) is 1.88. The molecule has 2 aromatic rings. The zero-order valence-corrected chi connectivity index (χ0v) is 7.70. The van der Waals surface area contributed by atoms with Crippen LogP contribution >= 0.6 is 0 Å². The number of para-hydroxylation sites is 1. The topological polar surface area (TPSA) is 48.0 Å². The highest BCUT2D eigenvalue weighted by Gasteiger charge is 1.98. The van der Waals surface area contributed by atoms with E-state index in [1.54, 1.807) is 6.07 Å². The van der Waals surface area contributed by atoms with E-state index in [9.17, 15) is 5.11 Å². The van der Waals surface area contributed by atoms with Gasteiger partial charge in [-0.25, -0.2) is 0 Å². The van der Waals surface area contributed by atoms with Gasteiger partial charge in [0.15, 0.2) is 0 Å². The van der Waals surface area contributed by atoms with Crippen LogP contribution < -0.4 is 5.32 Å². The largest absolute Gasteiger partial charge is 0.508 e. The van der Waals surface area contributed by atoms with Crippen LogP contribution in [-0.2, 0) is 6.54 Å². The average molecular weight is 188 g/mol. The number of hydrogen-bond donors (Lipinski definition) is 3.